The van der Waals surface area contributed by atoms with Crippen molar-refractivity contribution in [2.75, 3.05) is 19.8 Å². The molecule has 5 N–H and O–H groups in total. The fourth-order valence-corrected chi connectivity index (χ4v) is 3.35. The average molecular weight is 448 g/mol. The first-order valence-corrected chi connectivity index (χ1v) is 12.0. The number of amides is 1. The van der Waals surface area contributed by atoms with Crippen molar-refractivity contribution >= 4 is 11.9 Å². The van der Waals surface area contributed by atoms with Gasteiger partial charge < -0.3 is 30.5 Å². The van der Waals surface area contributed by atoms with Gasteiger partial charge in [-0.15, -0.1) is 0 Å². The van der Waals surface area contributed by atoms with Crippen molar-refractivity contribution in [2.45, 2.75) is 115 Å². The summed E-state index contributed by atoms with van der Waals surface area (Å²) >= 11 is 0. The summed E-state index contributed by atoms with van der Waals surface area (Å²) in [6.07, 6.45) is 12.8. The van der Waals surface area contributed by atoms with Gasteiger partial charge in [0.15, 0.2) is 5.78 Å². The Morgan fingerprint density at radius 3 is 1.61 bits per heavy atom. The van der Waals surface area contributed by atoms with Crippen LogP contribution in [0.2, 0.25) is 0 Å². The highest BCUT2D eigenvalue weighted by Crippen LogP contribution is 2.13. The van der Waals surface area contributed by atoms with Crippen LogP contribution in [0.1, 0.15) is 96.8 Å². The van der Waals surface area contributed by atoms with E-state index >= 15 is 0 Å². The zero-order valence-electron chi connectivity index (χ0n) is 19.3. The van der Waals surface area contributed by atoms with E-state index in [0.717, 1.165) is 19.3 Å². The van der Waals surface area contributed by atoms with Gasteiger partial charge in [-0.3, -0.25) is 4.79 Å². The van der Waals surface area contributed by atoms with Crippen LogP contribution in [-0.4, -0.2) is 70.4 Å². The van der Waals surface area contributed by atoms with Gasteiger partial charge in [-0.1, -0.05) is 90.4 Å². The molecule has 0 aliphatic carbocycles. The summed E-state index contributed by atoms with van der Waals surface area (Å²) in [5.74, 6) is -0.988. The SMILES string of the molecule is CCCCCCCCCCCCCCCCOC(=O)N[C@@H](CO)C(=O)[C@H](O)[C@H](O)CO. The van der Waals surface area contributed by atoms with Crippen molar-refractivity contribution in [3.05, 3.63) is 0 Å². The fraction of sp³-hybridized carbons (Fsp3) is 0.913. The minimum atomic E-state index is -1.90. The number of alkyl carbamates (subject to hydrolysis) is 1. The molecular formula is C23H45NO7. The number of nitrogens with one attached hydrogen (secondary N) is 1. The maximum Gasteiger partial charge on any atom is 0.407 e. The molecule has 0 bridgehead atoms. The van der Waals surface area contributed by atoms with Crippen LogP contribution in [0.5, 0.6) is 0 Å². The molecule has 0 spiro atoms. The fourth-order valence-electron chi connectivity index (χ4n) is 3.35. The van der Waals surface area contributed by atoms with Gasteiger partial charge in [-0.2, -0.15) is 0 Å². The number of carbonyl (C=O) groups is 2. The minimum absolute atomic E-state index is 0.206. The van der Waals surface area contributed by atoms with Gasteiger partial charge in [0.25, 0.3) is 0 Å². The summed E-state index contributed by atoms with van der Waals surface area (Å²) in [5.41, 5.74) is 0. The van der Waals surface area contributed by atoms with E-state index < -0.39 is 43.3 Å². The van der Waals surface area contributed by atoms with Gasteiger partial charge >= 0.3 is 6.09 Å². The first kappa shape index (κ1) is 29.8. The lowest BCUT2D eigenvalue weighted by molar-refractivity contribution is -0.137. The third-order valence-electron chi connectivity index (χ3n) is 5.39. The van der Waals surface area contributed by atoms with Gasteiger partial charge in [0.2, 0.25) is 0 Å². The number of carbonyl (C=O) groups excluding carboxylic acids is 2. The van der Waals surface area contributed by atoms with Crippen molar-refractivity contribution in [1.82, 2.24) is 5.32 Å². The number of Topliss-reactive ketones (excluding diaryl/α,β-unsaturated/α-hetero) is 1. The largest absolute Gasteiger partial charge is 0.450 e. The van der Waals surface area contributed by atoms with E-state index in [9.17, 15) is 24.9 Å². The van der Waals surface area contributed by atoms with Gasteiger partial charge in [0, 0.05) is 0 Å². The molecule has 3 atom stereocenters. The molecule has 0 unspecified atom stereocenters. The lowest BCUT2D eigenvalue weighted by Crippen LogP contribution is -2.51. The maximum absolute atomic E-state index is 11.9. The van der Waals surface area contributed by atoms with Crippen LogP contribution in [0.4, 0.5) is 4.79 Å². The standard InChI is InChI=1S/C23H45NO7/c1-2-3-4-5-6-7-8-9-10-11-12-13-14-15-16-31-23(30)24-19(17-25)21(28)22(29)20(27)18-26/h19-20,22,25-27,29H,2-18H2,1H3,(H,24,30)/t19-,20+,22+/m0/s1. The lowest BCUT2D eigenvalue weighted by Gasteiger charge is -2.20. The Morgan fingerprint density at radius 2 is 1.19 bits per heavy atom. The molecule has 0 saturated heterocycles. The second kappa shape index (κ2) is 20.7. The molecule has 0 heterocycles. The van der Waals surface area contributed by atoms with Gasteiger partial charge in [-0.25, -0.2) is 4.79 Å². The van der Waals surface area contributed by atoms with Crippen LogP contribution in [0.25, 0.3) is 0 Å². The van der Waals surface area contributed by atoms with Crippen LogP contribution in [0, 0.1) is 0 Å². The first-order valence-electron chi connectivity index (χ1n) is 12.0. The molecule has 0 aromatic rings. The highest BCUT2D eigenvalue weighted by molar-refractivity contribution is 5.91. The van der Waals surface area contributed by atoms with E-state index in [0.29, 0.717) is 0 Å². The summed E-state index contributed by atoms with van der Waals surface area (Å²) in [4.78, 5) is 23.6. The maximum atomic E-state index is 11.9. The van der Waals surface area contributed by atoms with Crippen LogP contribution >= 0.6 is 0 Å². The summed E-state index contributed by atoms with van der Waals surface area (Å²) in [5, 5.41) is 39.0. The Bertz CT molecular complexity index is 448. The second-order valence-electron chi connectivity index (χ2n) is 8.21. The average Bonchev–Trinajstić information content (AvgIpc) is 2.78. The number of aliphatic hydroxyl groups is 4. The predicted octanol–water partition coefficient (Wildman–Crippen LogP) is 2.84. The van der Waals surface area contributed by atoms with Crippen LogP contribution < -0.4 is 5.32 Å². The Labute approximate surface area is 187 Å². The molecular weight excluding hydrogens is 402 g/mol. The molecule has 0 aromatic carbocycles. The molecule has 0 aliphatic rings. The molecule has 8 nitrogen and oxygen atoms in total. The van der Waals surface area contributed by atoms with Crippen LogP contribution in [0.15, 0.2) is 0 Å². The number of hydrogen-bond acceptors (Lipinski definition) is 7. The zero-order valence-corrected chi connectivity index (χ0v) is 19.3. The summed E-state index contributed by atoms with van der Waals surface area (Å²) in [7, 11) is 0. The smallest absolute Gasteiger partial charge is 0.407 e. The highest BCUT2D eigenvalue weighted by Gasteiger charge is 2.31. The predicted molar refractivity (Wildman–Crippen MR) is 120 cm³/mol. The highest BCUT2D eigenvalue weighted by atomic mass is 16.5. The summed E-state index contributed by atoms with van der Waals surface area (Å²) < 4.78 is 4.99. The molecule has 0 fully saturated rings. The van der Waals surface area contributed by atoms with Crippen molar-refractivity contribution in [2.24, 2.45) is 0 Å². The molecule has 0 aromatic heterocycles. The Morgan fingerprint density at radius 1 is 0.742 bits per heavy atom. The molecule has 0 rings (SSSR count). The summed E-state index contributed by atoms with van der Waals surface area (Å²) in [6, 6.07) is -1.40. The van der Waals surface area contributed by atoms with Gasteiger partial charge in [0.05, 0.1) is 19.8 Å². The first-order chi connectivity index (χ1) is 15.0. The van der Waals surface area contributed by atoms with Gasteiger partial charge in [0.1, 0.15) is 18.2 Å². The molecule has 184 valence electrons. The van der Waals surface area contributed by atoms with E-state index in [-0.39, 0.29) is 6.61 Å². The number of hydrogen-bond donors (Lipinski definition) is 5. The Balaban J connectivity index is 3.61. The van der Waals surface area contributed by atoms with E-state index in [1.54, 1.807) is 0 Å². The summed E-state index contributed by atoms with van der Waals surface area (Å²) in [6.45, 7) is 0.888. The van der Waals surface area contributed by atoms with Gasteiger partial charge in [-0.05, 0) is 6.42 Å². The molecule has 0 saturated carbocycles. The van der Waals surface area contributed by atoms with E-state index in [2.05, 4.69) is 12.2 Å². The van der Waals surface area contributed by atoms with Crippen molar-refractivity contribution in [3.8, 4) is 0 Å². The normalized spacial score (nSPS) is 14.1. The number of unbranched alkanes of at least 4 members (excludes halogenated alkanes) is 13. The molecule has 31 heavy (non-hydrogen) atoms. The topological polar surface area (TPSA) is 136 Å². The molecule has 0 radical (unpaired) electrons. The number of rotatable bonds is 21. The zero-order chi connectivity index (χ0) is 23.3. The quantitative estimate of drug-likeness (QED) is 0.171. The second-order valence-corrected chi connectivity index (χ2v) is 8.21. The number of ketones is 1. The van der Waals surface area contributed by atoms with Crippen molar-refractivity contribution in [3.63, 3.8) is 0 Å². The van der Waals surface area contributed by atoms with E-state index in [1.807, 2.05) is 0 Å². The number of ether oxygens (including phenoxy) is 1. The van der Waals surface area contributed by atoms with Crippen molar-refractivity contribution < 1.29 is 34.8 Å². The lowest BCUT2D eigenvalue weighted by atomic mass is 10.0. The Hall–Kier alpha value is -1.22. The van der Waals surface area contributed by atoms with E-state index in [4.69, 9.17) is 9.84 Å². The monoisotopic (exact) mass is 447 g/mol. The number of aliphatic hydroxyl groups excluding tert-OH is 4. The minimum Gasteiger partial charge on any atom is -0.450 e. The van der Waals surface area contributed by atoms with Crippen molar-refractivity contribution in [1.29, 1.82) is 0 Å². The van der Waals surface area contributed by atoms with E-state index in [1.165, 1.54) is 70.6 Å². The van der Waals surface area contributed by atoms with Crippen LogP contribution in [0.3, 0.4) is 0 Å². The molecule has 1 amide bonds. The third-order valence-corrected chi connectivity index (χ3v) is 5.39. The Kier molecular flexibility index (Phi) is 19.9. The molecule has 8 heteroatoms. The third kappa shape index (κ3) is 16.1. The van der Waals surface area contributed by atoms with Crippen LogP contribution in [-0.2, 0) is 9.53 Å². The molecule has 0 aliphatic heterocycles.